The van der Waals surface area contributed by atoms with Crippen LogP contribution in [0.4, 0.5) is 4.79 Å². The normalized spacial score (nSPS) is 10.8. The highest BCUT2D eigenvalue weighted by molar-refractivity contribution is 5.98. The molecule has 0 fully saturated rings. The summed E-state index contributed by atoms with van der Waals surface area (Å²) in [4.78, 5) is 15.7. The van der Waals surface area contributed by atoms with E-state index in [1.807, 2.05) is 36.4 Å². The van der Waals surface area contributed by atoms with Crippen LogP contribution in [0, 0.1) is 6.92 Å². The molecule has 0 radical (unpaired) electrons. The number of nitrogens with zero attached hydrogens (tertiary/aromatic N) is 2. The van der Waals surface area contributed by atoms with Crippen LogP contribution in [-0.4, -0.2) is 20.8 Å². The predicted molar refractivity (Wildman–Crippen MR) is 73.3 cm³/mol. The largest absolute Gasteiger partial charge is 0.464 e. The summed E-state index contributed by atoms with van der Waals surface area (Å²) < 4.78 is 1.28. The Kier molecular flexibility index (Phi) is 2.56. The number of aryl methyl sites for hydroxylation is 1. The van der Waals surface area contributed by atoms with Crippen LogP contribution in [0.2, 0.25) is 0 Å². The van der Waals surface area contributed by atoms with Crippen molar-refractivity contribution >= 4 is 17.0 Å². The van der Waals surface area contributed by atoms with Gasteiger partial charge in [0.05, 0.1) is 11.2 Å². The molecule has 2 aromatic heterocycles. The van der Waals surface area contributed by atoms with Gasteiger partial charge in [0.1, 0.15) is 0 Å². The maximum atomic E-state index is 11.3. The second kappa shape index (κ2) is 4.24. The maximum Gasteiger partial charge on any atom is 0.416 e. The van der Waals surface area contributed by atoms with Crippen molar-refractivity contribution in [2.24, 2.45) is 0 Å². The molecule has 3 aromatic rings. The number of fused-ring (bicyclic) bond motifs is 1. The van der Waals surface area contributed by atoms with Crippen molar-refractivity contribution in [2.45, 2.75) is 6.92 Å². The molecular formula is C15H12N2O2. The summed E-state index contributed by atoms with van der Waals surface area (Å²) in [5, 5.41) is 10.1. The van der Waals surface area contributed by atoms with Gasteiger partial charge in [-0.05, 0) is 19.1 Å². The van der Waals surface area contributed by atoms with Crippen molar-refractivity contribution in [3.8, 4) is 11.3 Å². The molecule has 19 heavy (non-hydrogen) atoms. The number of carboxylic acid groups (broad SMARTS) is 1. The Hall–Kier alpha value is -2.62. The molecule has 0 aliphatic heterocycles. The molecule has 0 bridgehead atoms. The van der Waals surface area contributed by atoms with Gasteiger partial charge in [0.2, 0.25) is 0 Å². The van der Waals surface area contributed by atoms with Crippen LogP contribution in [0.15, 0.2) is 48.7 Å². The Morgan fingerprint density at radius 1 is 1.21 bits per heavy atom. The molecule has 0 spiro atoms. The molecule has 0 saturated heterocycles. The van der Waals surface area contributed by atoms with E-state index in [4.69, 9.17) is 0 Å². The van der Waals surface area contributed by atoms with Crippen LogP contribution >= 0.6 is 0 Å². The van der Waals surface area contributed by atoms with E-state index in [1.165, 1.54) is 4.57 Å². The lowest BCUT2D eigenvalue weighted by Crippen LogP contribution is -2.08. The van der Waals surface area contributed by atoms with Gasteiger partial charge < -0.3 is 5.11 Å². The van der Waals surface area contributed by atoms with E-state index in [0.29, 0.717) is 11.2 Å². The molecule has 0 aliphatic carbocycles. The van der Waals surface area contributed by atoms with Crippen LogP contribution in [0.3, 0.4) is 0 Å². The smallest absolute Gasteiger partial charge is 0.416 e. The number of pyridine rings is 1. The van der Waals surface area contributed by atoms with Gasteiger partial charge in [-0.1, -0.05) is 30.3 Å². The molecule has 0 atom stereocenters. The number of aromatic nitrogens is 2. The lowest BCUT2D eigenvalue weighted by molar-refractivity contribution is 0.197. The lowest BCUT2D eigenvalue weighted by atomic mass is 10.1. The number of carbonyl (C=O) groups is 1. The molecule has 0 aliphatic rings. The zero-order chi connectivity index (χ0) is 13.4. The van der Waals surface area contributed by atoms with Gasteiger partial charge in [0.25, 0.3) is 0 Å². The standard InChI is InChI=1S/C15H12N2O2/c1-10-9-12-13(17(10)15(18)19)7-8-16-14(12)11-5-3-2-4-6-11/h2-9H,1H3,(H,18,19). The van der Waals surface area contributed by atoms with Crippen LogP contribution in [0.1, 0.15) is 5.69 Å². The monoisotopic (exact) mass is 252 g/mol. The summed E-state index contributed by atoms with van der Waals surface area (Å²) in [5.41, 5.74) is 3.14. The third kappa shape index (κ3) is 1.78. The number of hydrogen-bond acceptors (Lipinski definition) is 2. The molecule has 0 saturated carbocycles. The SMILES string of the molecule is Cc1cc2c(-c3ccccc3)nccc2n1C(=O)O. The Balaban J connectivity index is 2.34. The molecule has 1 aromatic carbocycles. The molecular weight excluding hydrogens is 240 g/mol. The van der Waals surface area contributed by atoms with Gasteiger partial charge in [-0.15, -0.1) is 0 Å². The molecule has 0 unspecified atom stereocenters. The number of rotatable bonds is 1. The summed E-state index contributed by atoms with van der Waals surface area (Å²) in [6.07, 6.45) is 0.668. The Labute approximate surface area is 109 Å². The minimum absolute atomic E-state index is 0.666. The minimum atomic E-state index is -0.974. The average molecular weight is 252 g/mol. The second-order valence-corrected chi connectivity index (χ2v) is 4.36. The fraction of sp³-hybridized carbons (Fsp3) is 0.0667. The molecule has 4 heteroatoms. The van der Waals surface area contributed by atoms with Gasteiger partial charge in [-0.25, -0.2) is 9.36 Å². The quantitative estimate of drug-likeness (QED) is 0.720. The molecule has 4 nitrogen and oxygen atoms in total. The van der Waals surface area contributed by atoms with Crippen LogP contribution < -0.4 is 0 Å². The first-order valence-electron chi connectivity index (χ1n) is 5.94. The van der Waals surface area contributed by atoms with Crippen molar-refractivity contribution in [2.75, 3.05) is 0 Å². The van der Waals surface area contributed by atoms with E-state index in [2.05, 4.69) is 4.98 Å². The highest BCUT2D eigenvalue weighted by Crippen LogP contribution is 2.28. The molecule has 94 valence electrons. The first-order chi connectivity index (χ1) is 9.18. The number of benzene rings is 1. The Bertz CT molecular complexity index is 760. The van der Waals surface area contributed by atoms with E-state index < -0.39 is 6.09 Å². The van der Waals surface area contributed by atoms with E-state index in [1.54, 1.807) is 19.2 Å². The molecule has 0 amide bonds. The summed E-state index contributed by atoms with van der Waals surface area (Å²) in [6.45, 7) is 1.78. The fourth-order valence-corrected chi connectivity index (χ4v) is 2.34. The summed E-state index contributed by atoms with van der Waals surface area (Å²) in [6, 6.07) is 13.3. The summed E-state index contributed by atoms with van der Waals surface area (Å²) in [7, 11) is 0. The highest BCUT2D eigenvalue weighted by Gasteiger charge is 2.14. The molecule has 3 rings (SSSR count). The summed E-state index contributed by atoms with van der Waals surface area (Å²) >= 11 is 0. The topological polar surface area (TPSA) is 55.1 Å². The zero-order valence-electron chi connectivity index (χ0n) is 10.4. The third-order valence-electron chi connectivity index (χ3n) is 3.15. The van der Waals surface area contributed by atoms with Gasteiger partial charge in [0, 0.05) is 22.8 Å². The Morgan fingerprint density at radius 2 is 1.95 bits per heavy atom. The lowest BCUT2D eigenvalue weighted by Gasteiger charge is -2.03. The minimum Gasteiger partial charge on any atom is -0.464 e. The van der Waals surface area contributed by atoms with Gasteiger partial charge in [-0.2, -0.15) is 0 Å². The van der Waals surface area contributed by atoms with Crippen LogP contribution in [0.25, 0.3) is 22.2 Å². The van der Waals surface area contributed by atoms with Crippen LogP contribution in [0.5, 0.6) is 0 Å². The van der Waals surface area contributed by atoms with E-state index >= 15 is 0 Å². The summed E-state index contributed by atoms with van der Waals surface area (Å²) in [5.74, 6) is 0. The Morgan fingerprint density at radius 3 is 2.63 bits per heavy atom. The van der Waals surface area contributed by atoms with E-state index in [0.717, 1.165) is 16.6 Å². The third-order valence-corrected chi connectivity index (χ3v) is 3.15. The molecule has 1 N–H and O–H groups in total. The first-order valence-corrected chi connectivity index (χ1v) is 5.94. The molecule has 2 heterocycles. The fourth-order valence-electron chi connectivity index (χ4n) is 2.34. The van der Waals surface area contributed by atoms with Gasteiger partial charge in [0.15, 0.2) is 0 Å². The van der Waals surface area contributed by atoms with Gasteiger partial charge >= 0.3 is 6.09 Å². The maximum absolute atomic E-state index is 11.3. The zero-order valence-corrected chi connectivity index (χ0v) is 10.4. The number of hydrogen-bond donors (Lipinski definition) is 1. The van der Waals surface area contributed by atoms with Gasteiger partial charge in [-0.3, -0.25) is 4.98 Å². The van der Waals surface area contributed by atoms with Crippen molar-refractivity contribution in [3.05, 3.63) is 54.4 Å². The van der Waals surface area contributed by atoms with Crippen molar-refractivity contribution in [3.63, 3.8) is 0 Å². The first kappa shape index (κ1) is 11.5. The highest BCUT2D eigenvalue weighted by atomic mass is 16.4. The predicted octanol–water partition coefficient (Wildman–Crippen LogP) is 3.54. The van der Waals surface area contributed by atoms with Crippen molar-refractivity contribution in [1.82, 2.24) is 9.55 Å². The van der Waals surface area contributed by atoms with Crippen molar-refractivity contribution in [1.29, 1.82) is 0 Å². The average Bonchev–Trinajstić information content (AvgIpc) is 2.75. The van der Waals surface area contributed by atoms with Crippen molar-refractivity contribution < 1.29 is 9.90 Å². The van der Waals surface area contributed by atoms with Crippen LogP contribution in [-0.2, 0) is 0 Å². The second-order valence-electron chi connectivity index (χ2n) is 4.36. The van der Waals surface area contributed by atoms with E-state index in [-0.39, 0.29) is 0 Å². The van der Waals surface area contributed by atoms with E-state index in [9.17, 15) is 9.90 Å².